The minimum Gasteiger partial charge on any atom is -0.484 e. The van der Waals surface area contributed by atoms with Crippen LogP contribution in [0.25, 0.3) is 0 Å². The highest BCUT2D eigenvalue weighted by Crippen LogP contribution is 2.23. The van der Waals surface area contributed by atoms with Gasteiger partial charge in [0.1, 0.15) is 11.4 Å². The van der Waals surface area contributed by atoms with Gasteiger partial charge in [-0.25, -0.2) is 4.98 Å². The summed E-state index contributed by atoms with van der Waals surface area (Å²) in [6, 6.07) is 6.99. The number of hydrogen-bond donors (Lipinski definition) is 1. The SMILES string of the molecule is COc1ncc(NC(=O)COc2ccc(Cl)cc2)c(N(C)C)n1. The number of carbonyl (C=O) groups excluding carboxylic acids is 1. The van der Waals surface area contributed by atoms with Crippen LogP contribution in [0.3, 0.4) is 0 Å². The van der Waals surface area contributed by atoms with Crippen LogP contribution >= 0.6 is 11.6 Å². The van der Waals surface area contributed by atoms with Crippen LogP contribution in [0.15, 0.2) is 30.5 Å². The molecule has 23 heavy (non-hydrogen) atoms. The third kappa shape index (κ3) is 4.72. The van der Waals surface area contributed by atoms with E-state index in [4.69, 9.17) is 21.1 Å². The van der Waals surface area contributed by atoms with Gasteiger partial charge in [-0.05, 0) is 24.3 Å². The quantitative estimate of drug-likeness (QED) is 0.871. The standard InChI is InChI=1S/C15H17ClN4O3/c1-20(2)14-12(8-17-15(19-14)22-3)18-13(21)9-23-11-6-4-10(16)5-7-11/h4-8H,9H2,1-3H3,(H,18,21). The van der Waals surface area contributed by atoms with E-state index >= 15 is 0 Å². The first-order valence-electron chi connectivity index (χ1n) is 6.76. The van der Waals surface area contributed by atoms with Crippen molar-refractivity contribution in [3.63, 3.8) is 0 Å². The first kappa shape index (κ1) is 16.8. The summed E-state index contributed by atoms with van der Waals surface area (Å²) < 4.78 is 10.4. The van der Waals surface area contributed by atoms with Crippen molar-refractivity contribution in [1.82, 2.24) is 9.97 Å². The number of amides is 1. The Morgan fingerprint density at radius 2 is 2.00 bits per heavy atom. The zero-order valence-corrected chi connectivity index (χ0v) is 13.8. The van der Waals surface area contributed by atoms with Gasteiger partial charge in [0.25, 0.3) is 5.91 Å². The topological polar surface area (TPSA) is 76.6 Å². The number of methoxy groups -OCH3 is 1. The maximum atomic E-state index is 12.0. The number of aromatic nitrogens is 2. The minimum atomic E-state index is -0.322. The minimum absolute atomic E-state index is 0.138. The average molecular weight is 337 g/mol. The van der Waals surface area contributed by atoms with Gasteiger partial charge in [0.05, 0.1) is 13.3 Å². The lowest BCUT2D eigenvalue weighted by Gasteiger charge is -2.16. The lowest BCUT2D eigenvalue weighted by molar-refractivity contribution is -0.118. The van der Waals surface area contributed by atoms with Crippen molar-refractivity contribution >= 4 is 29.0 Å². The van der Waals surface area contributed by atoms with Crippen LogP contribution in [0.2, 0.25) is 5.02 Å². The van der Waals surface area contributed by atoms with Crippen LogP contribution < -0.4 is 19.7 Å². The van der Waals surface area contributed by atoms with E-state index in [9.17, 15) is 4.79 Å². The van der Waals surface area contributed by atoms with Crippen LogP contribution in [0.5, 0.6) is 11.8 Å². The van der Waals surface area contributed by atoms with Crippen LogP contribution in [-0.2, 0) is 4.79 Å². The average Bonchev–Trinajstić information content (AvgIpc) is 2.54. The smallest absolute Gasteiger partial charge is 0.318 e. The van der Waals surface area contributed by atoms with Gasteiger partial charge >= 0.3 is 6.01 Å². The van der Waals surface area contributed by atoms with Gasteiger partial charge in [0.2, 0.25) is 0 Å². The molecule has 1 N–H and O–H groups in total. The molecule has 2 aromatic rings. The molecular weight excluding hydrogens is 320 g/mol. The largest absolute Gasteiger partial charge is 0.484 e. The molecule has 1 aromatic heterocycles. The molecule has 0 radical (unpaired) electrons. The van der Waals surface area contributed by atoms with Crippen molar-refractivity contribution in [2.75, 3.05) is 38.0 Å². The zero-order chi connectivity index (χ0) is 16.8. The number of nitrogens with one attached hydrogen (secondary N) is 1. The molecule has 0 aliphatic rings. The van der Waals surface area contributed by atoms with Crippen molar-refractivity contribution in [2.45, 2.75) is 0 Å². The van der Waals surface area contributed by atoms with Crippen molar-refractivity contribution in [1.29, 1.82) is 0 Å². The highest BCUT2D eigenvalue weighted by atomic mass is 35.5. The molecule has 1 heterocycles. The molecule has 0 saturated heterocycles. The molecule has 0 aliphatic heterocycles. The van der Waals surface area contributed by atoms with E-state index < -0.39 is 0 Å². The lowest BCUT2D eigenvalue weighted by Crippen LogP contribution is -2.23. The summed E-state index contributed by atoms with van der Waals surface area (Å²) in [5.74, 6) is 0.775. The summed E-state index contributed by atoms with van der Waals surface area (Å²) in [5, 5.41) is 3.32. The second-order valence-corrected chi connectivity index (χ2v) is 5.22. The van der Waals surface area contributed by atoms with Crippen molar-refractivity contribution in [3.8, 4) is 11.8 Å². The Kier molecular flexibility index (Phi) is 5.59. The number of halogens is 1. The Hall–Kier alpha value is -2.54. The van der Waals surface area contributed by atoms with E-state index in [0.717, 1.165) is 0 Å². The number of nitrogens with zero attached hydrogens (tertiary/aromatic N) is 3. The fraction of sp³-hybridized carbons (Fsp3) is 0.267. The van der Waals surface area contributed by atoms with Crippen molar-refractivity contribution in [3.05, 3.63) is 35.5 Å². The van der Waals surface area contributed by atoms with Gasteiger partial charge in [-0.1, -0.05) is 11.6 Å². The van der Waals surface area contributed by atoms with Crippen LogP contribution in [-0.4, -0.2) is 43.7 Å². The maximum absolute atomic E-state index is 12.0. The van der Waals surface area contributed by atoms with E-state index in [0.29, 0.717) is 22.3 Å². The number of carbonyl (C=O) groups is 1. The molecule has 0 bridgehead atoms. The number of hydrogen-bond acceptors (Lipinski definition) is 6. The molecule has 0 aliphatic carbocycles. The highest BCUT2D eigenvalue weighted by molar-refractivity contribution is 6.30. The second kappa shape index (κ2) is 7.64. The number of rotatable bonds is 6. The molecule has 0 spiro atoms. The summed E-state index contributed by atoms with van der Waals surface area (Å²) in [6.07, 6.45) is 1.49. The summed E-state index contributed by atoms with van der Waals surface area (Å²) in [7, 11) is 5.09. The first-order valence-corrected chi connectivity index (χ1v) is 7.14. The molecular formula is C15H17ClN4O3. The Morgan fingerprint density at radius 3 is 2.61 bits per heavy atom. The fourth-order valence-corrected chi connectivity index (χ4v) is 1.88. The van der Waals surface area contributed by atoms with Gasteiger partial charge in [-0.15, -0.1) is 0 Å². The Morgan fingerprint density at radius 1 is 1.30 bits per heavy atom. The number of ether oxygens (including phenoxy) is 2. The van der Waals surface area contributed by atoms with Gasteiger partial charge in [-0.3, -0.25) is 4.79 Å². The molecule has 8 heteroatoms. The fourth-order valence-electron chi connectivity index (χ4n) is 1.75. The third-order valence-electron chi connectivity index (χ3n) is 2.81. The maximum Gasteiger partial charge on any atom is 0.318 e. The van der Waals surface area contributed by atoms with E-state index in [2.05, 4.69) is 15.3 Å². The van der Waals surface area contributed by atoms with E-state index in [1.165, 1.54) is 13.3 Å². The molecule has 1 amide bonds. The Balaban J connectivity index is 2.00. The van der Waals surface area contributed by atoms with Gasteiger partial charge in [0, 0.05) is 19.1 Å². The van der Waals surface area contributed by atoms with Crippen LogP contribution in [0.4, 0.5) is 11.5 Å². The van der Waals surface area contributed by atoms with Gasteiger partial charge in [-0.2, -0.15) is 4.98 Å². The van der Waals surface area contributed by atoms with E-state index in [-0.39, 0.29) is 18.5 Å². The Bertz CT molecular complexity index is 677. The molecule has 0 fully saturated rings. The van der Waals surface area contributed by atoms with Crippen molar-refractivity contribution < 1.29 is 14.3 Å². The molecule has 2 rings (SSSR count). The number of benzene rings is 1. The molecule has 0 atom stereocenters. The zero-order valence-electron chi connectivity index (χ0n) is 13.0. The monoisotopic (exact) mass is 336 g/mol. The van der Waals surface area contributed by atoms with E-state index in [1.54, 1.807) is 29.2 Å². The van der Waals surface area contributed by atoms with Crippen LogP contribution in [0, 0.1) is 0 Å². The lowest BCUT2D eigenvalue weighted by atomic mass is 10.3. The number of anilines is 2. The van der Waals surface area contributed by atoms with Crippen molar-refractivity contribution in [2.24, 2.45) is 0 Å². The predicted molar refractivity (Wildman–Crippen MR) is 88.5 cm³/mol. The molecule has 7 nitrogen and oxygen atoms in total. The van der Waals surface area contributed by atoms with Gasteiger partial charge in [0.15, 0.2) is 12.4 Å². The third-order valence-corrected chi connectivity index (χ3v) is 3.06. The predicted octanol–water partition coefficient (Wildman–Crippen LogP) is 2.22. The van der Waals surface area contributed by atoms with Gasteiger partial charge < -0.3 is 19.7 Å². The highest BCUT2D eigenvalue weighted by Gasteiger charge is 2.13. The van der Waals surface area contributed by atoms with Crippen LogP contribution in [0.1, 0.15) is 0 Å². The molecule has 0 saturated carbocycles. The first-order chi connectivity index (χ1) is 11.0. The summed E-state index contributed by atoms with van der Waals surface area (Å²) in [5.41, 5.74) is 0.473. The summed E-state index contributed by atoms with van der Waals surface area (Å²) >= 11 is 5.79. The molecule has 122 valence electrons. The molecule has 0 unspecified atom stereocenters. The van der Waals surface area contributed by atoms with E-state index in [1.807, 2.05) is 14.1 Å². The summed E-state index contributed by atoms with van der Waals surface area (Å²) in [4.78, 5) is 21.9. The normalized spacial score (nSPS) is 10.1. The molecule has 1 aromatic carbocycles. The Labute approximate surface area is 139 Å². The second-order valence-electron chi connectivity index (χ2n) is 4.78. The summed E-state index contributed by atoms with van der Waals surface area (Å²) in [6.45, 7) is -0.138.